The Hall–Kier alpha value is -1.53. The molecule has 0 saturated heterocycles. The van der Waals surface area contributed by atoms with Gasteiger partial charge in [0.15, 0.2) is 0 Å². The average molecular weight is 348 g/mol. The first-order valence-electron chi connectivity index (χ1n) is 8.66. The van der Waals surface area contributed by atoms with Gasteiger partial charge in [0.1, 0.15) is 5.65 Å². The van der Waals surface area contributed by atoms with Gasteiger partial charge in [0, 0.05) is 28.8 Å². The molecule has 1 atom stereocenters. The van der Waals surface area contributed by atoms with Gasteiger partial charge in [-0.1, -0.05) is 31.7 Å². The van der Waals surface area contributed by atoms with E-state index in [0.717, 1.165) is 12.8 Å². The Kier molecular flexibility index (Phi) is 6.15. The Balaban J connectivity index is 1.52. The first-order valence-corrected chi connectivity index (χ1v) is 10.1. The predicted octanol–water partition coefficient (Wildman–Crippen LogP) is 2.68. The number of rotatable bonds is 6. The fraction of sp³-hybridized carbons (Fsp3) is 0.556. The highest BCUT2D eigenvalue weighted by molar-refractivity contribution is 7.84. The number of nitrogens with zero attached hydrogens (tertiary/aromatic N) is 2. The zero-order chi connectivity index (χ0) is 16.8. The summed E-state index contributed by atoms with van der Waals surface area (Å²) in [6.07, 6.45) is 9.33. The second-order valence-electron chi connectivity index (χ2n) is 6.29. The van der Waals surface area contributed by atoms with E-state index >= 15 is 0 Å². The van der Waals surface area contributed by atoms with Crippen LogP contribution in [0.2, 0.25) is 0 Å². The Labute approximate surface area is 144 Å². The van der Waals surface area contributed by atoms with Crippen LogP contribution in [-0.4, -0.2) is 32.1 Å². The molecular weight excluding hydrogens is 324 g/mol. The normalized spacial score (nSPS) is 17.7. The summed E-state index contributed by atoms with van der Waals surface area (Å²) in [6.45, 7) is 0.518. The summed E-state index contributed by atoms with van der Waals surface area (Å²) in [5.74, 6) is 0.793. The fourth-order valence-corrected chi connectivity index (χ4v) is 4.03. The SMILES string of the molecule is O=c1cc(CS(=O)CCOC2CCCCCC2)nc2ccccn12. The molecule has 1 aliphatic carbocycles. The third-order valence-electron chi connectivity index (χ3n) is 4.40. The predicted molar refractivity (Wildman–Crippen MR) is 95.6 cm³/mol. The topological polar surface area (TPSA) is 60.7 Å². The summed E-state index contributed by atoms with van der Waals surface area (Å²) in [6, 6.07) is 6.88. The van der Waals surface area contributed by atoms with Crippen molar-refractivity contribution in [3.63, 3.8) is 0 Å². The molecule has 2 heterocycles. The Morgan fingerprint density at radius 3 is 2.79 bits per heavy atom. The molecule has 2 aromatic heterocycles. The maximum atomic E-state index is 12.3. The largest absolute Gasteiger partial charge is 0.377 e. The summed E-state index contributed by atoms with van der Waals surface area (Å²) in [4.78, 5) is 16.4. The van der Waals surface area contributed by atoms with Crippen LogP contribution >= 0.6 is 0 Å². The summed E-state index contributed by atoms with van der Waals surface area (Å²) < 4.78 is 19.6. The van der Waals surface area contributed by atoms with E-state index < -0.39 is 10.8 Å². The van der Waals surface area contributed by atoms with Crippen molar-refractivity contribution >= 4 is 16.4 Å². The minimum absolute atomic E-state index is 0.137. The number of hydrogen-bond acceptors (Lipinski definition) is 4. The molecule has 0 aromatic carbocycles. The van der Waals surface area contributed by atoms with Crippen molar-refractivity contribution in [1.29, 1.82) is 0 Å². The molecule has 0 radical (unpaired) electrons. The van der Waals surface area contributed by atoms with Gasteiger partial charge in [-0.3, -0.25) is 13.4 Å². The fourth-order valence-electron chi connectivity index (χ4n) is 3.13. The smallest absolute Gasteiger partial charge is 0.258 e. The van der Waals surface area contributed by atoms with Crippen LogP contribution in [0.1, 0.15) is 44.2 Å². The molecule has 0 bridgehead atoms. The number of aromatic nitrogens is 2. The van der Waals surface area contributed by atoms with Crippen LogP contribution < -0.4 is 5.56 Å². The van der Waals surface area contributed by atoms with Crippen LogP contribution in [0.15, 0.2) is 35.3 Å². The number of ether oxygens (including phenoxy) is 1. The van der Waals surface area contributed by atoms with Crippen molar-refractivity contribution in [2.24, 2.45) is 0 Å². The average Bonchev–Trinajstić information content (AvgIpc) is 2.84. The van der Waals surface area contributed by atoms with Crippen molar-refractivity contribution in [3.8, 4) is 0 Å². The third kappa shape index (κ3) is 4.74. The lowest BCUT2D eigenvalue weighted by Crippen LogP contribution is -2.18. The quantitative estimate of drug-likeness (QED) is 0.753. The molecule has 24 heavy (non-hydrogen) atoms. The van der Waals surface area contributed by atoms with Crippen molar-refractivity contribution in [2.45, 2.75) is 50.4 Å². The van der Waals surface area contributed by atoms with E-state index in [1.165, 1.54) is 36.2 Å². The highest BCUT2D eigenvalue weighted by Gasteiger charge is 2.13. The van der Waals surface area contributed by atoms with Crippen LogP contribution in [0.4, 0.5) is 0 Å². The van der Waals surface area contributed by atoms with Crippen molar-refractivity contribution in [2.75, 3.05) is 12.4 Å². The van der Waals surface area contributed by atoms with E-state index in [2.05, 4.69) is 4.98 Å². The minimum Gasteiger partial charge on any atom is -0.377 e. The molecule has 6 heteroatoms. The molecule has 130 valence electrons. The van der Waals surface area contributed by atoms with Crippen LogP contribution in [0.3, 0.4) is 0 Å². The summed E-state index contributed by atoms with van der Waals surface area (Å²) in [5.41, 5.74) is 1.04. The molecule has 1 saturated carbocycles. The molecule has 2 aromatic rings. The van der Waals surface area contributed by atoms with E-state index in [4.69, 9.17) is 4.74 Å². The molecule has 1 aliphatic rings. The van der Waals surface area contributed by atoms with Crippen LogP contribution in [0.25, 0.3) is 5.65 Å². The lowest BCUT2D eigenvalue weighted by Gasteiger charge is -2.15. The monoisotopic (exact) mass is 348 g/mol. The molecular formula is C18H24N2O3S. The van der Waals surface area contributed by atoms with Crippen molar-refractivity contribution in [1.82, 2.24) is 9.38 Å². The van der Waals surface area contributed by atoms with E-state index in [0.29, 0.717) is 35.6 Å². The number of fused-ring (bicyclic) bond motifs is 1. The Bertz CT molecular complexity index is 751. The van der Waals surface area contributed by atoms with Gasteiger partial charge in [0.2, 0.25) is 0 Å². The first kappa shape index (κ1) is 17.3. The van der Waals surface area contributed by atoms with Gasteiger partial charge in [-0.2, -0.15) is 0 Å². The van der Waals surface area contributed by atoms with Gasteiger partial charge in [-0.05, 0) is 25.0 Å². The van der Waals surface area contributed by atoms with Gasteiger partial charge in [-0.25, -0.2) is 4.98 Å². The van der Waals surface area contributed by atoms with Gasteiger partial charge in [-0.15, -0.1) is 0 Å². The lowest BCUT2D eigenvalue weighted by molar-refractivity contribution is 0.0539. The minimum atomic E-state index is -1.07. The molecule has 1 unspecified atom stereocenters. The Morgan fingerprint density at radius 1 is 1.21 bits per heavy atom. The van der Waals surface area contributed by atoms with E-state index in [-0.39, 0.29) is 5.56 Å². The maximum absolute atomic E-state index is 12.3. The van der Waals surface area contributed by atoms with Crippen LogP contribution in [0.5, 0.6) is 0 Å². The van der Waals surface area contributed by atoms with E-state index in [9.17, 15) is 9.00 Å². The number of hydrogen-bond donors (Lipinski definition) is 0. The van der Waals surface area contributed by atoms with Crippen molar-refractivity contribution in [3.05, 3.63) is 46.5 Å². The molecule has 0 aliphatic heterocycles. The zero-order valence-corrected chi connectivity index (χ0v) is 14.7. The standard InChI is InChI=1S/C18H24N2O3S/c21-18-13-15(19-17-9-5-6-10-20(17)18)14-24(22)12-11-23-16-7-3-1-2-4-8-16/h5-6,9-10,13,16H,1-4,7-8,11-12,14H2. The second-order valence-corrected chi connectivity index (χ2v) is 7.86. The zero-order valence-electron chi connectivity index (χ0n) is 13.9. The van der Waals surface area contributed by atoms with Crippen LogP contribution in [-0.2, 0) is 21.3 Å². The molecule has 0 spiro atoms. The van der Waals surface area contributed by atoms with E-state index in [1.807, 2.05) is 6.07 Å². The highest BCUT2D eigenvalue weighted by Crippen LogP contribution is 2.19. The molecule has 3 rings (SSSR count). The summed E-state index contributed by atoms with van der Waals surface area (Å²) in [5, 5.41) is 0. The number of pyridine rings is 1. The second kappa shape index (κ2) is 8.53. The molecule has 0 N–H and O–H groups in total. The van der Waals surface area contributed by atoms with Gasteiger partial charge >= 0.3 is 0 Å². The summed E-state index contributed by atoms with van der Waals surface area (Å²) >= 11 is 0. The first-order chi connectivity index (χ1) is 11.7. The third-order valence-corrected chi connectivity index (χ3v) is 5.64. The molecule has 0 amide bonds. The van der Waals surface area contributed by atoms with Crippen molar-refractivity contribution < 1.29 is 8.95 Å². The van der Waals surface area contributed by atoms with Gasteiger partial charge < -0.3 is 4.74 Å². The maximum Gasteiger partial charge on any atom is 0.258 e. The molecule has 1 fully saturated rings. The summed E-state index contributed by atoms with van der Waals surface area (Å²) in [7, 11) is -1.07. The highest BCUT2D eigenvalue weighted by atomic mass is 32.2. The van der Waals surface area contributed by atoms with Gasteiger partial charge in [0.25, 0.3) is 5.56 Å². The Morgan fingerprint density at radius 2 is 2.00 bits per heavy atom. The van der Waals surface area contributed by atoms with Gasteiger partial charge in [0.05, 0.1) is 24.2 Å². The molecule has 5 nitrogen and oxygen atoms in total. The lowest BCUT2D eigenvalue weighted by atomic mass is 10.1. The van der Waals surface area contributed by atoms with E-state index in [1.54, 1.807) is 18.3 Å². The van der Waals surface area contributed by atoms with Crippen LogP contribution in [0, 0.1) is 0 Å².